The van der Waals surface area contributed by atoms with Gasteiger partial charge in [-0.2, -0.15) is 25.3 Å². The molecule has 28 heavy (non-hydrogen) atoms. The van der Waals surface area contributed by atoms with Crippen LogP contribution in [0.1, 0.15) is 27.2 Å². The van der Waals surface area contributed by atoms with E-state index in [2.05, 4.69) is 41.2 Å². The predicted octanol–water partition coefficient (Wildman–Crippen LogP) is -1.86. The van der Waals surface area contributed by atoms with Gasteiger partial charge in [0.2, 0.25) is 17.7 Å². The van der Waals surface area contributed by atoms with Crippen molar-refractivity contribution < 1.29 is 29.4 Å². The summed E-state index contributed by atoms with van der Waals surface area (Å²) >= 11 is 7.95. The second-order valence-corrected chi connectivity index (χ2v) is 7.52. The quantitative estimate of drug-likeness (QED) is 0.165. The molecule has 0 aliphatic heterocycles. The summed E-state index contributed by atoms with van der Waals surface area (Å²) in [5.41, 5.74) is 5.56. The van der Waals surface area contributed by atoms with Crippen LogP contribution < -0.4 is 21.7 Å². The number of carboxylic acids is 1. The van der Waals surface area contributed by atoms with Crippen molar-refractivity contribution in [3.63, 3.8) is 0 Å². The molecule has 0 rings (SSSR count). The Balaban J connectivity index is 5.24. The Morgan fingerprint density at radius 1 is 0.893 bits per heavy atom. The molecule has 0 saturated heterocycles. The minimum absolute atomic E-state index is 0.00692. The number of amides is 3. The van der Waals surface area contributed by atoms with Gasteiger partial charge in [0.1, 0.15) is 12.1 Å². The van der Waals surface area contributed by atoms with E-state index in [4.69, 9.17) is 10.8 Å². The third-order valence-corrected chi connectivity index (χ3v) is 4.49. The molecular weight excluding hydrogens is 408 g/mol. The van der Waals surface area contributed by atoms with Crippen LogP contribution in [0.2, 0.25) is 0 Å². The van der Waals surface area contributed by atoms with E-state index < -0.39 is 54.0 Å². The van der Waals surface area contributed by atoms with Gasteiger partial charge in [0, 0.05) is 11.5 Å². The Morgan fingerprint density at radius 3 is 1.79 bits per heavy atom. The predicted molar refractivity (Wildman–Crippen MR) is 110 cm³/mol. The number of hydrogen-bond acceptors (Lipinski definition) is 8. The molecule has 3 amide bonds. The third-order valence-electron chi connectivity index (χ3n) is 3.74. The molecule has 162 valence electrons. The molecule has 0 fully saturated rings. The molecule has 0 bridgehead atoms. The second kappa shape index (κ2) is 12.9. The van der Waals surface area contributed by atoms with Crippen molar-refractivity contribution in [2.45, 2.75) is 57.5 Å². The first-order chi connectivity index (χ1) is 12.9. The van der Waals surface area contributed by atoms with Gasteiger partial charge in [-0.05, 0) is 19.3 Å². The Morgan fingerprint density at radius 2 is 1.39 bits per heavy atom. The van der Waals surface area contributed by atoms with Crippen LogP contribution in [0.25, 0.3) is 0 Å². The second-order valence-electron chi connectivity index (χ2n) is 6.79. The van der Waals surface area contributed by atoms with E-state index in [-0.39, 0.29) is 23.8 Å². The van der Waals surface area contributed by atoms with Crippen LogP contribution in [0.5, 0.6) is 0 Å². The van der Waals surface area contributed by atoms with Gasteiger partial charge >= 0.3 is 5.97 Å². The van der Waals surface area contributed by atoms with E-state index in [9.17, 15) is 24.3 Å². The van der Waals surface area contributed by atoms with Gasteiger partial charge in [0.05, 0.1) is 12.1 Å². The van der Waals surface area contributed by atoms with Gasteiger partial charge in [-0.3, -0.25) is 14.4 Å². The molecule has 5 unspecified atom stereocenters. The number of carbonyl (C=O) groups excluding carboxylic acids is 3. The molecule has 0 aromatic carbocycles. The smallest absolute Gasteiger partial charge is 0.328 e. The van der Waals surface area contributed by atoms with Crippen LogP contribution >= 0.6 is 25.3 Å². The summed E-state index contributed by atoms with van der Waals surface area (Å²) < 4.78 is 0. The zero-order valence-electron chi connectivity index (χ0n) is 16.1. The average Bonchev–Trinajstić information content (AvgIpc) is 2.61. The van der Waals surface area contributed by atoms with E-state index >= 15 is 0 Å². The zero-order chi connectivity index (χ0) is 22.0. The highest BCUT2D eigenvalue weighted by molar-refractivity contribution is 7.80. The molecule has 7 N–H and O–H groups in total. The first kappa shape index (κ1) is 26.5. The number of nitrogens with one attached hydrogen (secondary N) is 3. The molecule has 0 saturated carbocycles. The number of carbonyl (C=O) groups is 4. The minimum Gasteiger partial charge on any atom is -0.480 e. The van der Waals surface area contributed by atoms with Gasteiger partial charge in [-0.1, -0.05) is 13.8 Å². The van der Waals surface area contributed by atoms with Crippen LogP contribution in [-0.4, -0.2) is 75.7 Å². The fourth-order valence-electron chi connectivity index (χ4n) is 2.17. The number of hydrogen-bond donors (Lipinski definition) is 8. The van der Waals surface area contributed by atoms with Crippen molar-refractivity contribution in [3.05, 3.63) is 0 Å². The van der Waals surface area contributed by atoms with Crippen molar-refractivity contribution >= 4 is 48.9 Å². The fraction of sp³-hybridized carbons (Fsp3) is 0.750. The summed E-state index contributed by atoms with van der Waals surface area (Å²) in [6.07, 6.45) is -1.11. The van der Waals surface area contributed by atoms with Gasteiger partial charge in [0.25, 0.3) is 0 Å². The lowest BCUT2D eigenvalue weighted by Crippen LogP contribution is -2.59. The third kappa shape index (κ3) is 9.13. The van der Waals surface area contributed by atoms with E-state index in [1.165, 1.54) is 6.92 Å². The summed E-state index contributed by atoms with van der Waals surface area (Å²) in [4.78, 5) is 48.0. The lowest BCUT2D eigenvalue weighted by atomic mass is 10.0. The van der Waals surface area contributed by atoms with Crippen LogP contribution in [0.4, 0.5) is 0 Å². The molecule has 0 radical (unpaired) electrons. The van der Waals surface area contributed by atoms with E-state index in [0.29, 0.717) is 0 Å². The highest BCUT2D eigenvalue weighted by atomic mass is 32.1. The summed E-state index contributed by atoms with van der Waals surface area (Å²) in [5.74, 6) is -3.38. The lowest BCUT2D eigenvalue weighted by Gasteiger charge is -2.26. The molecule has 5 atom stereocenters. The molecule has 12 heteroatoms. The summed E-state index contributed by atoms with van der Waals surface area (Å²) in [6.45, 7) is 4.87. The van der Waals surface area contributed by atoms with Crippen molar-refractivity contribution in [1.29, 1.82) is 0 Å². The van der Waals surface area contributed by atoms with Crippen LogP contribution in [0, 0.1) is 5.92 Å². The molecule has 0 aromatic rings. The minimum atomic E-state index is -1.52. The van der Waals surface area contributed by atoms with Crippen molar-refractivity contribution in [2.75, 3.05) is 11.5 Å². The monoisotopic (exact) mass is 438 g/mol. The SMILES string of the molecule is CC(C)CC(NC(=O)C(CS)NC(=O)C(N)CS)C(=O)NC(C(=O)O)C(C)O. The number of rotatable bonds is 12. The maximum Gasteiger partial charge on any atom is 0.328 e. The highest BCUT2D eigenvalue weighted by Crippen LogP contribution is 2.07. The molecule has 0 aromatic heterocycles. The summed E-state index contributed by atoms with van der Waals surface area (Å²) in [7, 11) is 0. The molecule has 0 spiro atoms. The number of thiol groups is 2. The Hall–Kier alpha value is -1.50. The Kier molecular flexibility index (Phi) is 12.2. The number of aliphatic carboxylic acids is 1. The highest BCUT2D eigenvalue weighted by Gasteiger charge is 2.31. The Bertz CT molecular complexity index is 561. The Labute approximate surface area is 175 Å². The molecule has 0 heterocycles. The lowest BCUT2D eigenvalue weighted by molar-refractivity contribution is -0.145. The van der Waals surface area contributed by atoms with Crippen molar-refractivity contribution in [1.82, 2.24) is 16.0 Å². The van der Waals surface area contributed by atoms with Gasteiger partial charge in [-0.15, -0.1) is 0 Å². The largest absolute Gasteiger partial charge is 0.480 e. The van der Waals surface area contributed by atoms with Crippen molar-refractivity contribution in [2.24, 2.45) is 11.7 Å². The van der Waals surface area contributed by atoms with Gasteiger partial charge in [-0.25, -0.2) is 4.79 Å². The number of carboxylic acid groups (broad SMARTS) is 1. The first-order valence-corrected chi connectivity index (χ1v) is 10.00. The maximum absolute atomic E-state index is 12.5. The number of aliphatic hydroxyl groups is 1. The topological polar surface area (TPSA) is 171 Å². The van der Waals surface area contributed by atoms with Gasteiger partial charge in [0.15, 0.2) is 6.04 Å². The van der Waals surface area contributed by atoms with Crippen molar-refractivity contribution in [3.8, 4) is 0 Å². The zero-order valence-corrected chi connectivity index (χ0v) is 17.9. The van der Waals surface area contributed by atoms with Crippen LogP contribution in [0.3, 0.4) is 0 Å². The molecule has 10 nitrogen and oxygen atoms in total. The van der Waals surface area contributed by atoms with Crippen LogP contribution in [0.15, 0.2) is 0 Å². The summed E-state index contributed by atoms with van der Waals surface area (Å²) in [5, 5.41) is 25.8. The van der Waals surface area contributed by atoms with Gasteiger partial charge < -0.3 is 31.9 Å². The van der Waals surface area contributed by atoms with E-state index in [0.717, 1.165) is 0 Å². The fourth-order valence-corrected chi connectivity index (χ4v) is 2.60. The van der Waals surface area contributed by atoms with E-state index in [1.54, 1.807) is 0 Å². The standard InChI is InChI=1S/C16H30N4O6S2/c1-7(2)4-10(14(23)20-12(8(3)21)16(25)26)18-15(24)11(6-28)19-13(22)9(17)5-27/h7-12,21,27-28H,4-6,17H2,1-3H3,(H,18,24)(H,19,22)(H,20,23)(H,25,26). The summed E-state index contributed by atoms with van der Waals surface area (Å²) in [6, 6.07) is -4.54. The normalized spacial score (nSPS) is 16.4. The average molecular weight is 439 g/mol. The molecule has 0 aliphatic rings. The molecular formula is C16H30N4O6S2. The number of nitrogens with two attached hydrogens (primary N) is 1. The molecule has 0 aliphatic carbocycles. The number of aliphatic hydroxyl groups excluding tert-OH is 1. The maximum atomic E-state index is 12.5. The van der Waals surface area contributed by atoms with E-state index in [1.807, 2.05) is 13.8 Å². The first-order valence-electron chi connectivity index (χ1n) is 8.73. The van der Waals surface area contributed by atoms with Crippen LogP contribution in [-0.2, 0) is 19.2 Å².